The average molecular weight is 271 g/mol. The number of hydrogen-bond donors (Lipinski definition) is 2. The standard InChI is InChI=1S/C13H19ClN2O2/c1-10(2)15-7-8-18-9-13(17)16-12-6-4-3-5-11(12)14/h3-6,10,15H,7-9H2,1-2H3,(H,16,17). The van der Waals surface area contributed by atoms with Crippen LogP contribution in [0.1, 0.15) is 13.8 Å². The van der Waals surface area contributed by atoms with Crippen molar-refractivity contribution in [3.8, 4) is 0 Å². The summed E-state index contributed by atoms with van der Waals surface area (Å²) in [6.07, 6.45) is 0. The molecule has 0 radical (unpaired) electrons. The van der Waals surface area contributed by atoms with Crippen LogP contribution in [0.4, 0.5) is 5.69 Å². The van der Waals surface area contributed by atoms with Gasteiger partial charge in [-0.25, -0.2) is 0 Å². The van der Waals surface area contributed by atoms with Gasteiger partial charge in [-0.3, -0.25) is 4.79 Å². The largest absolute Gasteiger partial charge is 0.370 e. The number of nitrogens with one attached hydrogen (secondary N) is 2. The lowest BCUT2D eigenvalue weighted by Gasteiger charge is -2.09. The molecule has 0 fully saturated rings. The molecule has 0 spiro atoms. The van der Waals surface area contributed by atoms with Crippen LogP contribution in [0, 0.1) is 0 Å². The zero-order chi connectivity index (χ0) is 13.4. The number of amides is 1. The van der Waals surface area contributed by atoms with Gasteiger partial charge < -0.3 is 15.4 Å². The molecule has 0 heterocycles. The number of halogens is 1. The Morgan fingerprint density at radius 3 is 2.78 bits per heavy atom. The molecule has 4 nitrogen and oxygen atoms in total. The number of carbonyl (C=O) groups is 1. The predicted molar refractivity (Wildman–Crippen MR) is 74.0 cm³/mol. The van der Waals surface area contributed by atoms with Crippen LogP contribution in [-0.4, -0.2) is 31.7 Å². The number of hydrogen-bond acceptors (Lipinski definition) is 3. The normalized spacial score (nSPS) is 10.7. The Hall–Kier alpha value is -1.10. The molecule has 0 aromatic heterocycles. The molecular weight excluding hydrogens is 252 g/mol. The van der Waals surface area contributed by atoms with E-state index in [1.165, 1.54) is 0 Å². The third-order valence-corrected chi connectivity index (χ3v) is 2.51. The van der Waals surface area contributed by atoms with E-state index < -0.39 is 0 Å². The Labute approximate surface area is 113 Å². The van der Waals surface area contributed by atoms with E-state index in [1.807, 2.05) is 12.1 Å². The molecule has 0 aliphatic heterocycles. The van der Waals surface area contributed by atoms with Crippen LogP contribution in [0.3, 0.4) is 0 Å². The van der Waals surface area contributed by atoms with E-state index in [0.717, 1.165) is 6.54 Å². The van der Waals surface area contributed by atoms with Gasteiger partial charge in [-0.05, 0) is 12.1 Å². The number of para-hydroxylation sites is 1. The molecule has 1 aromatic carbocycles. The first-order valence-electron chi connectivity index (χ1n) is 5.95. The maximum absolute atomic E-state index is 11.5. The maximum atomic E-state index is 11.5. The predicted octanol–water partition coefficient (Wildman–Crippen LogP) is 2.29. The van der Waals surface area contributed by atoms with Crippen LogP contribution in [-0.2, 0) is 9.53 Å². The van der Waals surface area contributed by atoms with Crippen LogP contribution >= 0.6 is 11.6 Å². The minimum atomic E-state index is -0.201. The fourth-order valence-electron chi connectivity index (χ4n) is 1.33. The highest BCUT2D eigenvalue weighted by atomic mass is 35.5. The maximum Gasteiger partial charge on any atom is 0.250 e. The number of carbonyl (C=O) groups excluding carboxylic acids is 1. The first-order chi connectivity index (χ1) is 8.59. The number of benzene rings is 1. The topological polar surface area (TPSA) is 50.4 Å². The third-order valence-electron chi connectivity index (χ3n) is 2.18. The molecule has 0 atom stereocenters. The van der Waals surface area contributed by atoms with Crippen molar-refractivity contribution in [1.29, 1.82) is 0 Å². The monoisotopic (exact) mass is 270 g/mol. The van der Waals surface area contributed by atoms with E-state index >= 15 is 0 Å². The van der Waals surface area contributed by atoms with Gasteiger partial charge in [0.25, 0.3) is 0 Å². The van der Waals surface area contributed by atoms with Crippen molar-refractivity contribution in [2.24, 2.45) is 0 Å². The average Bonchev–Trinajstić information content (AvgIpc) is 2.31. The van der Waals surface area contributed by atoms with Crippen molar-refractivity contribution in [3.05, 3.63) is 29.3 Å². The van der Waals surface area contributed by atoms with Gasteiger partial charge in [0.05, 0.1) is 17.3 Å². The molecule has 1 amide bonds. The summed E-state index contributed by atoms with van der Waals surface area (Å²) < 4.78 is 5.24. The fraction of sp³-hybridized carbons (Fsp3) is 0.462. The zero-order valence-corrected chi connectivity index (χ0v) is 11.5. The third kappa shape index (κ3) is 6.00. The van der Waals surface area contributed by atoms with Crippen LogP contribution in [0.5, 0.6) is 0 Å². The van der Waals surface area contributed by atoms with Crippen molar-refractivity contribution >= 4 is 23.2 Å². The van der Waals surface area contributed by atoms with Crippen molar-refractivity contribution in [1.82, 2.24) is 5.32 Å². The van der Waals surface area contributed by atoms with Crippen LogP contribution in [0.15, 0.2) is 24.3 Å². The molecule has 0 saturated carbocycles. The molecule has 0 saturated heterocycles. The van der Waals surface area contributed by atoms with Gasteiger partial charge in [-0.15, -0.1) is 0 Å². The van der Waals surface area contributed by atoms with E-state index in [0.29, 0.717) is 23.4 Å². The van der Waals surface area contributed by atoms with E-state index in [9.17, 15) is 4.79 Å². The summed E-state index contributed by atoms with van der Waals surface area (Å²) in [5, 5.41) is 6.41. The van der Waals surface area contributed by atoms with Gasteiger partial charge in [0.15, 0.2) is 0 Å². The summed E-state index contributed by atoms with van der Waals surface area (Å²) in [5.41, 5.74) is 0.605. The first-order valence-corrected chi connectivity index (χ1v) is 6.33. The highest BCUT2D eigenvalue weighted by Gasteiger charge is 2.04. The van der Waals surface area contributed by atoms with E-state index in [-0.39, 0.29) is 12.5 Å². The minimum absolute atomic E-state index is 0.0327. The SMILES string of the molecule is CC(C)NCCOCC(=O)Nc1ccccc1Cl. The van der Waals surface area contributed by atoms with Crippen molar-refractivity contribution < 1.29 is 9.53 Å². The Bertz CT molecular complexity index is 383. The molecular formula is C13H19ClN2O2. The Balaban J connectivity index is 2.20. The van der Waals surface area contributed by atoms with Crippen molar-refractivity contribution in [2.75, 3.05) is 25.1 Å². The molecule has 0 bridgehead atoms. The van der Waals surface area contributed by atoms with Crippen LogP contribution in [0.25, 0.3) is 0 Å². The lowest BCUT2D eigenvalue weighted by Crippen LogP contribution is -2.28. The fourth-order valence-corrected chi connectivity index (χ4v) is 1.52. The van der Waals surface area contributed by atoms with Gasteiger partial charge in [-0.1, -0.05) is 37.6 Å². The highest BCUT2D eigenvalue weighted by Crippen LogP contribution is 2.19. The second kappa shape index (κ2) is 8.08. The molecule has 1 rings (SSSR count). The first kappa shape index (κ1) is 15.0. The van der Waals surface area contributed by atoms with Crippen molar-refractivity contribution in [3.63, 3.8) is 0 Å². The summed E-state index contributed by atoms with van der Waals surface area (Å²) in [6.45, 7) is 5.39. The summed E-state index contributed by atoms with van der Waals surface area (Å²) in [6, 6.07) is 7.53. The summed E-state index contributed by atoms with van der Waals surface area (Å²) in [5.74, 6) is -0.201. The summed E-state index contributed by atoms with van der Waals surface area (Å²) in [7, 11) is 0. The number of anilines is 1. The molecule has 2 N–H and O–H groups in total. The van der Waals surface area contributed by atoms with E-state index in [4.69, 9.17) is 16.3 Å². The second-order valence-corrected chi connectivity index (χ2v) is 4.60. The smallest absolute Gasteiger partial charge is 0.250 e. The lowest BCUT2D eigenvalue weighted by molar-refractivity contribution is -0.120. The lowest BCUT2D eigenvalue weighted by atomic mass is 10.3. The van der Waals surface area contributed by atoms with Gasteiger partial charge >= 0.3 is 0 Å². The van der Waals surface area contributed by atoms with Gasteiger partial charge in [0.2, 0.25) is 5.91 Å². The van der Waals surface area contributed by atoms with E-state index in [1.54, 1.807) is 12.1 Å². The van der Waals surface area contributed by atoms with Gasteiger partial charge in [-0.2, -0.15) is 0 Å². The van der Waals surface area contributed by atoms with E-state index in [2.05, 4.69) is 24.5 Å². The summed E-state index contributed by atoms with van der Waals surface area (Å²) in [4.78, 5) is 11.5. The molecule has 5 heteroatoms. The number of rotatable bonds is 7. The zero-order valence-electron chi connectivity index (χ0n) is 10.7. The molecule has 1 aromatic rings. The summed E-state index contributed by atoms with van der Waals surface area (Å²) >= 11 is 5.92. The molecule has 100 valence electrons. The molecule has 0 aliphatic carbocycles. The van der Waals surface area contributed by atoms with Crippen LogP contribution in [0.2, 0.25) is 5.02 Å². The Morgan fingerprint density at radius 1 is 1.39 bits per heavy atom. The molecule has 0 unspecified atom stereocenters. The van der Waals surface area contributed by atoms with Crippen LogP contribution < -0.4 is 10.6 Å². The van der Waals surface area contributed by atoms with Gasteiger partial charge in [0, 0.05) is 12.6 Å². The minimum Gasteiger partial charge on any atom is -0.370 e. The van der Waals surface area contributed by atoms with Gasteiger partial charge in [0.1, 0.15) is 6.61 Å². The van der Waals surface area contributed by atoms with Crippen molar-refractivity contribution in [2.45, 2.75) is 19.9 Å². The molecule has 18 heavy (non-hydrogen) atoms. The Kier molecular flexibility index (Phi) is 6.72. The number of ether oxygens (including phenoxy) is 1. The highest BCUT2D eigenvalue weighted by molar-refractivity contribution is 6.33. The molecule has 0 aliphatic rings. The quantitative estimate of drug-likeness (QED) is 0.748. The second-order valence-electron chi connectivity index (χ2n) is 4.19. The Morgan fingerprint density at radius 2 is 2.11 bits per heavy atom.